The summed E-state index contributed by atoms with van der Waals surface area (Å²) >= 11 is 0. The van der Waals surface area contributed by atoms with Crippen LogP contribution in [0.5, 0.6) is 0 Å². The van der Waals surface area contributed by atoms with Gasteiger partial charge in [0.25, 0.3) is 6.43 Å². The second-order valence-electron chi connectivity index (χ2n) is 3.24. The molecule has 0 aliphatic heterocycles. The number of carbonyl (C=O) groups is 1. The first kappa shape index (κ1) is 14.3. The zero-order valence-corrected chi connectivity index (χ0v) is 8.43. The minimum atomic E-state index is -5.33. The number of hydrogen-bond acceptors (Lipinski definition) is 2. The average molecular weight is 273 g/mol. The van der Waals surface area contributed by atoms with Crippen LogP contribution in [0.2, 0.25) is 0 Å². The van der Waals surface area contributed by atoms with Crippen molar-refractivity contribution in [3.05, 3.63) is 28.8 Å². The minimum absolute atomic E-state index is 0.241. The number of alkyl halides is 5. The summed E-state index contributed by atoms with van der Waals surface area (Å²) in [6, 6.07) is 0.241. The fourth-order valence-corrected chi connectivity index (χ4v) is 1.28. The lowest BCUT2D eigenvalue weighted by atomic mass is 10.1. The van der Waals surface area contributed by atoms with Crippen LogP contribution in [0.1, 0.15) is 23.2 Å². The Balaban J connectivity index is 3.41. The minimum Gasteiger partial charge on any atom is -0.481 e. The summed E-state index contributed by atoms with van der Waals surface area (Å²) < 4.78 is 74.9. The Morgan fingerprint density at radius 1 is 1.39 bits per heavy atom. The van der Waals surface area contributed by atoms with Crippen LogP contribution in [0.3, 0.4) is 0 Å². The number of hydrogen-bond donors (Lipinski definition) is 1. The highest BCUT2D eigenvalue weighted by Crippen LogP contribution is 2.37. The molecule has 9 heteroatoms. The first-order chi connectivity index (χ1) is 8.12. The molecule has 0 unspecified atom stereocenters. The van der Waals surface area contributed by atoms with Crippen LogP contribution in [0, 0.1) is 5.95 Å². The van der Waals surface area contributed by atoms with Gasteiger partial charge in [-0.05, 0) is 6.07 Å². The number of rotatable bonds is 3. The van der Waals surface area contributed by atoms with Crippen LogP contribution in [-0.4, -0.2) is 16.1 Å². The van der Waals surface area contributed by atoms with Crippen molar-refractivity contribution in [2.45, 2.75) is 19.0 Å². The standard InChI is InChI=1S/C9H5F6NO2/c10-7(11)4-1-3(2-5(17)18)16-8(12)6(4)9(13,14)15/h1,7H,2H2,(H,17,18). The van der Waals surface area contributed by atoms with Gasteiger partial charge in [-0.2, -0.15) is 17.6 Å². The van der Waals surface area contributed by atoms with Gasteiger partial charge in [0, 0.05) is 5.56 Å². The normalized spacial score (nSPS) is 11.9. The number of nitrogens with zero attached hydrogens (tertiary/aromatic N) is 1. The fraction of sp³-hybridized carbons (Fsp3) is 0.333. The van der Waals surface area contributed by atoms with E-state index < -0.39 is 47.8 Å². The van der Waals surface area contributed by atoms with E-state index in [1.807, 2.05) is 0 Å². The second kappa shape index (κ2) is 4.83. The van der Waals surface area contributed by atoms with Crippen molar-refractivity contribution in [1.29, 1.82) is 0 Å². The summed E-state index contributed by atoms with van der Waals surface area (Å²) in [7, 11) is 0. The fourth-order valence-electron chi connectivity index (χ4n) is 1.28. The molecule has 0 spiro atoms. The highest BCUT2D eigenvalue weighted by atomic mass is 19.4. The number of aliphatic carboxylic acids is 1. The zero-order valence-electron chi connectivity index (χ0n) is 8.43. The Hall–Kier alpha value is -1.80. The van der Waals surface area contributed by atoms with Crippen molar-refractivity contribution in [2.24, 2.45) is 0 Å². The smallest absolute Gasteiger partial charge is 0.421 e. The van der Waals surface area contributed by atoms with Gasteiger partial charge < -0.3 is 5.11 Å². The van der Waals surface area contributed by atoms with Gasteiger partial charge in [0.1, 0.15) is 5.56 Å². The number of carboxylic acid groups (broad SMARTS) is 1. The van der Waals surface area contributed by atoms with Crippen LogP contribution in [0.15, 0.2) is 6.07 Å². The van der Waals surface area contributed by atoms with E-state index in [-0.39, 0.29) is 6.07 Å². The molecule has 1 heterocycles. The molecule has 0 radical (unpaired) electrons. The highest BCUT2D eigenvalue weighted by Gasteiger charge is 2.40. The van der Waals surface area contributed by atoms with E-state index in [2.05, 4.69) is 4.98 Å². The van der Waals surface area contributed by atoms with Gasteiger partial charge in [0.2, 0.25) is 5.95 Å². The molecule has 0 aliphatic rings. The maximum absolute atomic E-state index is 13.1. The van der Waals surface area contributed by atoms with Crippen molar-refractivity contribution < 1.29 is 36.2 Å². The van der Waals surface area contributed by atoms with Crippen LogP contribution in [-0.2, 0) is 17.4 Å². The maximum atomic E-state index is 13.1. The van der Waals surface area contributed by atoms with E-state index in [9.17, 15) is 31.1 Å². The van der Waals surface area contributed by atoms with Crippen molar-refractivity contribution in [2.75, 3.05) is 0 Å². The van der Waals surface area contributed by atoms with Gasteiger partial charge in [0.05, 0.1) is 12.1 Å². The lowest BCUT2D eigenvalue weighted by molar-refractivity contribution is -0.142. The Kier molecular flexibility index (Phi) is 3.82. The largest absolute Gasteiger partial charge is 0.481 e. The van der Waals surface area contributed by atoms with Crippen molar-refractivity contribution in [3.63, 3.8) is 0 Å². The zero-order chi connectivity index (χ0) is 14.1. The third-order valence-electron chi connectivity index (χ3n) is 1.91. The average Bonchev–Trinajstić information content (AvgIpc) is 2.12. The molecular weight excluding hydrogens is 268 g/mol. The third-order valence-corrected chi connectivity index (χ3v) is 1.91. The SMILES string of the molecule is O=C(O)Cc1cc(C(F)F)c(C(F)(F)F)c(F)n1. The monoisotopic (exact) mass is 273 g/mol. The predicted molar refractivity (Wildman–Crippen MR) is 45.5 cm³/mol. The molecule has 100 valence electrons. The second-order valence-corrected chi connectivity index (χ2v) is 3.24. The van der Waals surface area contributed by atoms with E-state index in [0.29, 0.717) is 0 Å². The lowest BCUT2D eigenvalue weighted by Crippen LogP contribution is -2.16. The molecule has 1 aromatic heterocycles. The molecule has 0 saturated heterocycles. The number of carboxylic acids is 1. The van der Waals surface area contributed by atoms with Gasteiger partial charge in [-0.1, -0.05) is 0 Å². The Morgan fingerprint density at radius 3 is 2.33 bits per heavy atom. The highest BCUT2D eigenvalue weighted by molar-refractivity contribution is 5.69. The predicted octanol–water partition coefficient (Wildman–Crippen LogP) is 2.80. The van der Waals surface area contributed by atoms with E-state index in [0.717, 1.165) is 0 Å². The van der Waals surface area contributed by atoms with Gasteiger partial charge in [0.15, 0.2) is 0 Å². The molecule has 0 amide bonds. The molecule has 0 bridgehead atoms. The summed E-state index contributed by atoms with van der Waals surface area (Å²) in [5.41, 5.74) is -4.50. The Labute approximate surface area is 96.1 Å². The molecule has 1 aromatic rings. The van der Waals surface area contributed by atoms with Crippen LogP contribution in [0.4, 0.5) is 26.3 Å². The quantitative estimate of drug-likeness (QED) is 0.680. The number of pyridine rings is 1. The van der Waals surface area contributed by atoms with E-state index in [4.69, 9.17) is 5.11 Å². The van der Waals surface area contributed by atoms with Crippen molar-refractivity contribution >= 4 is 5.97 Å². The van der Waals surface area contributed by atoms with Gasteiger partial charge in [-0.25, -0.2) is 13.8 Å². The number of halogens is 6. The van der Waals surface area contributed by atoms with E-state index in [1.54, 1.807) is 0 Å². The molecule has 0 aromatic carbocycles. The third kappa shape index (κ3) is 3.11. The molecule has 0 saturated carbocycles. The molecule has 0 fully saturated rings. The topological polar surface area (TPSA) is 50.2 Å². The van der Waals surface area contributed by atoms with Crippen molar-refractivity contribution in [1.82, 2.24) is 4.98 Å². The van der Waals surface area contributed by atoms with Crippen LogP contribution >= 0.6 is 0 Å². The first-order valence-electron chi connectivity index (χ1n) is 4.39. The van der Waals surface area contributed by atoms with E-state index in [1.165, 1.54) is 0 Å². The Morgan fingerprint density at radius 2 is 1.94 bits per heavy atom. The molecule has 0 atom stereocenters. The molecular formula is C9H5F6NO2. The summed E-state index contributed by atoms with van der Waals surface area (Å²) in [6.07, 6.45) is -9.87. The van der Waals surface area contributed by atoms with Crippen LogP contribution in [0.25, 0.3) is 0 Å². The van der Waals surface area contributed by atoms with Gasteiger partial charge >= 0.3 is 12.1 Å². The summed E-state index contributed by atoms with van der Waals surface area (Å²) in [5, 5.41) is 8.34. The molecule has 3 nitrogen and oxygen atoms in total. The molecule has 0 aliphatic carbocycles. The lowest BCUT2D eigenvalue weighted by Gasteiger charge is -2.13. The molecule has 18 heavy (non-hydrogen) atoms. The van der Waals surface area contributed by atoms with Gasteiger partial charge in [-0.15, -0.1) is 0 Å². The van der Waals surface area contributed by atoms with Crippen molar-refractivity contribution in [3.8, 4) is 0 Å². The molecule has 1 rings (SSSR count). The first-order valence-corrected chi connectivity index (χ1v) is 4.39. The summed E-state index contributed by atoms with van der Waals surface area (Å²) in [4.78, 5) is 13.0. The number of aromatic nitrogens is 1. The van der Waals surface area contributed by atoms with Crippen LogP contribution < -0.4 is 0 Å². The Bertz CT molecular complexity index is 471. The summed E-state index contributed by atoms with van der Waals surface area (Å²) in [6.45, 7) is 0. The molecule has 1 N–H and O–H groups in total. The maximum Gasteiger partial charge on any atom is 0.421 e. The van der Waals surface area contributed by atoms with E-state index >= 15 is 0 Å². The van der Waals surface area contributed by atoms with Gasteiger partial charge in [-0.3, -0.25) is 4.79 Å². The summed E-state index contributed by atoms with van der Waals surface area (Å²) in [5.74, 6) is -3.68.